The SMILES string of the molecule is CC(C)(C)OC(=O)N1C(C)(C)CC1(C)CO. The first-order valence-electron chi connectivity index (χ1n) is 5.66. The number of aliphatic hydroxyl groups excluding tert-OH is 1. The monoisotopic (exact) mass is 229 g/mol. The number of ether oxygens (including phenoxy) is 1. The van der Waals surface area contributed by atoms with Gasteiger partial charge < -0.3 is 9.84 Å². The zero-order valence-corrected chi connectivity index (χ0v) is 11.1. The van der Waals surface area contributed by atoms with Crippen LogP contribution in [0.1, 0.15) is 48.0 Å². The van der Waals surface area contributed by atoms with E-state index in [1.54, 1.807) is 4.90 Å². The summed E-state index contributed by atoms with van der Waals surface area (Å²) in [6, 6.07) is 0. The fourth-order valence-electron chi connectivity index (χ4n) is 2.63. The van der Waals surface area contributed by atoms with E-state index in [1.807, 2.05) is 41.5 Å². The van der Waals surface area contributed by atoms with Gasteiger partial charge in [-0.3, -0.25) is 4.90 Å². The van der Waals surface area contributed by atoms with Crippen molar-refractivity contribution in [2.24, 2.45) is 0 Å². The Labute approximate surface area is 97.6 Å². The summed E-state index contributed by atoms with van der Waals surface area (Å²) >= 11 is 0. The van der Waals surface area contributed by atoms with Crippen molar-refractivity contribution in [3.63, 3.8) is 0 Å². The molecule has 1 atom stereocenters. The van der Waals surface area contributed by atoms with E-state index in [4.69, 9.17) is 4.74 Å². The molecule has 1 saturated heterocycles. The van der Waals surface area contributed by atoms with Crippen LogP contribution >= 0.6 is 0 Å². The van der Waals surface area contributed by atoms with Crippen LogP contribution in [0, 0.1) is 0 Å². The summed E-state index contributed by atoms with van der Waals surface area (Å²) in [5, 5.41) is 9.35. The molecule has 1 heterocycles. The van der Waals surface area contributed by atoms with Gasteiger partial charge >= 0.3 is 6.09 Å². The van der Waals surface area contributed by atoms with Crippen molar-refractivity contribution in [2.75, 3.05) is 6.61 Å². The fourth-order valence-corrected chi connectivity index (χ4v) is 2.63. The number of nitrogens with zero attached hydrogens (tertiary/aromatic N) is 1. The lowest BCUT2D eigenvalue weighted by Gasteiger charge is -2.60. The van der Waals surface area contributed by atoms with E-state index >= 15 is 0 Å². The van der Waals surface area contributed by atoms with Crippen LogP contribution in [0.3, 0.4) is 0 Å². The molecule has 1 aliphatic heterocycles. The van der Waals surface area contributed by atoms with E-state index in [0.29, 0.717) is 0 Å². The smallest absolute Gasteiger partial charge is 0.411 e. The Balaban J connectivity index is 2.81. The molecule has 0 aromatic heterocycles. The summed E-state index contributed by atoms with van der Waals surface area (Å²) in [6.07, 6.45) is 0.440. The first kappa shape index (κ1) is 13.3. The maximum absolute atomic E-state index is 12.0. The van der Waals surface area contributed by atoms with Gasteiger partial charge in [-0.15, -0.1) is 0 Å². The third-order valence-electron chi connectivity index (χ3n) is 2.88. The van der Waals surface area contributed by atoms with Crippen LogP contribution in [0.4, 0.5) is 4.79 Å². The van der Waals surface area contributed by atoms with Crippen LogP contribution in [0.2, 0.25) is 0 Å². The zero-order chi connectivity index (χ0) is 12.8. The van der Waals surface area contributed by atoms with Crippen LogP contribution in [0.25, 0.3) is 0 Å². The molecule has 1 aliphatic rings. The van der Waals surface area contributed by atoms with Gasteiger partial charge in [-0.25, -0.2) is 4.79 Å². The van der Waals surface area contributed by atoms with Crippen molar-refractivity contribution in [3.8, 4) is 0 Å². The van der Waals surface area contributed by atoms with Crippen molar-refractivity contribution >= 4 is 6.09 Å². The molecule has 1 N–H and O–H groups in total. The number of rotatable bonds is 1. The molecule has 0 bridgehead atoms. The molecule has 0 radical (unpaired) electrons. The van der Waals surface area contributed by atoms with Crippen LogP contribution in [0.5, 0.6) is 0 Å². The number of aliphatic hydroxyl groups is 1. The van der Waals surface area contributed by atoms with Crippen molar-refractivity contribution in [1.82, 2.24) is 4.90 Å². The summed E-state index contributed by atoms with van der Waals surface area (Å²) in [5.74, 6) is 0. The number of amides is 1. The highest BCUT2D eigenvalue weighted by atomic mass is 16.6. The summed E-state index contributed by atoms with van der Waals surface area (Å²) < 4.78 is 5.35. The van der Waals surface area contributed by atoms with Crippen LogP contribution in [0.15, 0.2) is 0 Å². The van der Waals surface area contributed by atoms with Crippen molar-refractivity contribution in [3.05, 3.63) is 0 Å². The summed E-state index contributed by atoms with van der Waals surface area (Å²) in [7, 11) is 0. The number of hydrogen-bond acceptors (Lipinski definition) is 3. The maximum atomic E-state index is 12.0. The predicted molar refractivity (Wildman–Crippen MR) is 62.3 cm³/mol. The molecule has 1 fully saturated rings. The molecule has 0 saturated carbocycles. The van der Waals surface area contributed by atoms with Crippen LogP contribution in [-0.2, 0) is 4.74 Å². The van der Waals surface area contributed by atoms with E-state index in [-0.39, 0.29) is 18.2 Å². The minimum atomic E-state index is -0.501. The molecule has 4 nitrogen and oxygen atoms in total. The lowest BCUT2D eigenvalue weighted by molar-refractivity contribution is -0.130. The minimum Gasteiger partial charge on any atom is -0.444 e. The largest absolute Gasteiger partial charge is 0.444 e. The van der Waals surface area contributed by atoms with E-state index < -0.39 is 11.1 Å². The summed E-state index contributed by atoms with van der Waals surface area (Å²) in [4.78, 5) is 13.7. The molecule has 0 aromatic carbocycles. The second-order valence-corrected chi connectivity index (χ2v) is 6.46. The standard InChI is InChI=1S/C12H23NO3/c1-10(2,3)16-9(15)13-11(4,5)7-12(13,6)8-14/h14H,7-8H2,1-6H3. The summed E-state index contributed by atoms with van der Waals surface area (Å²) in [6.45, 7) is 11.3. The normalized spacial score (nSPS) is 28.6. The highest BCUT2D eigenvalue weighted by molar-refractivity contribution is 5.72. The van der Waals surface area contributed by atoms with E-state index in [1.165, 1.54) is 0 Å². The molecule has 0 spiro atoms. The minimum absolute atomic E-state index is 0.0321. The topological polar surface area (TPSA) is 49.8 Å². The third-order valence-corrected chi connectivity index (χ3v) is 2.88. The Morgan fingerprint density at radius 2 is 1.88 bits per heavy atom. The first-order chi connectivity index (χ1) is 7.02. The average molecular weight is 229 g/mol. The van der Waals surface area contributed by atoms with Gasteiger partial charge in [-0.05, 0) is 48.0 Å². The third kappa shape index (κ3) is 2.32. The molecule has 1 rings (SSSR count). The van der Waals surface area contributed by atoms with Gasteiger partial charge in [0.05, 0.1) is 12.1 Å². The Kier molecular flexibility index (Phi) is 3.01. The van der Waals surface area contributed by atoms with Gasteiger partial charge in [0.2, 0.25) is 0 Å². The Morgan fingerprint density at radius 1 is 1.38 bits per heavy atom. The maximum Gasteiger partial charge on any atom is 0.411 e. The number of hydrogen-bond donors (Lipinski definition) is 1. The van der Waals surface area contributed by atoms with Gasteiger partial charge in [-0.2, -0.15) is 0 Å². The molecule has 94 valence electrons. The Hall–Kier alpha value is -0.770. The molecule has 0 aliphatic carbocycles. The Bertz CT molecular complexity index is 293. The van der Waals surface area contributed by atoms with Crippen LogP contribution in [-0.4, -0.2) is 39.4 Å². The quantitative estimate of drug-likeness (QED) is 0.749. The molecular formula is C12H23NO3. The van der Waals surface area contributed by atoms with Crippen molar-refractivity contribution in [1.29, 1.82) is 0 Å². The average Bonchev–Trinajstić information content (AvgIpc) is 1.97. The van der Waals surface area contributed by atoms with Crippen molar-refractivity contribution < 1.29 is 14.6 Å². The second-order valence-electron chi connectivity index (χ2n) is 6.46. The molecular weight excluding hydrogens is 206 g/mol. The Morgan fingerprint density at radius 3 is 2.19 bits per heavy atom. The lowest BCUT2D eigenvalue weighted by Crippen LogP contribution is -2.73. The predicted octanol–water partition coefficient (Wildman–Crippen LogP) is 2.16. The van der Waals surface area contributed by atoms with E-state index in [9.17, 15) is 9.90 Å². The zero-order valence-electron chi connectivity index (χ0n) is 11.1. The van der Waals surface area contributed by atoms with Crippen LogP contribution < -0.4 is 0 Å². The molecule has 16 heavy (non-hydrogen) atoms. The van der Waals surface area contributed by atoms with Gasteiger partial charge in [0.1, 0.15) is 5.60 Å². The van der Waals surface area contributed by atoms with Gasteiger partial charge in [0.25, 0.3) is 0 Å². The van der Waals surface area contributed by atoms with Gasteiger partial charge in [-0.1, -0.05) is 0 Å². The molecule has 1 unspecified atom stereocenters. The number of carbonyl (C=O) groups is 1. The van der Waals surface area contributed by atoms with Crippen molar-refractivity contribution in [2.45, 2.75) is 64.6 Å². The summed E-state index contributed by atoms with van der Waals surface area (Å²) in [5.41, 5.74) is -1.22. The first-order valence-corrected chi connectivity index (χ1v) is 5.66. The number of carbonyl (C=O) groups excluding carboxylic acids is 1. The molecule has 4 heteroatoms. The number of likely N-dealkylation sites (tertiary alicyclic amines) is 1. The fraction of sp³-hybridized carbons (Fsp3) is 0.917. The second kappa shape index (κ2) is 3.62. The van der Waals surface area contributed by atoms with E-state index in [0.717, 1.165) is 6.42 Å². The highest BCUT2D eigenvalue weighted by Gasteiger charge is 2.57. The highest BCUT2D eigenvalue weighted by Crippen LogP contribution is 2.45. The van der Waals surface area contributed by atoms with Gasteiger partial charge in [0, 0.05) is 5.54 Å². The lowest BCUT2D eigenvalue weighted by atomic mass is 9.72. The van der Waals surface area contributed by atoms with Gasteiger partial charge in [0.15, 0.2) is 0 Å². The van der Waals surface area contributed by atoms with E-state index in [2.05, 4.69) is 0 Å². The molecule has 1 amide bonds. The molecule has 0 aromatic rings.